The number of ether oxygens (including phenoxy) is 2. The second kappa shape index (κ2) is 5.51. The Labute approximate surface area is 104 Å². The van der Waals surface area contributed by atoms with Gasteiger partial charge in [-0.2, -0.15) is 0 Å². The van der Waals surface area contributed by atoms with Crippen LogP contribution in [0.4, 0.5) is 0 Å². The van der Waals surface area contributed by atoms with Gasteiger partial charge >= 0.3 is 5.97 Å². The molecule has 1 heterocycles. The molecule has 0 aliphatic heterocycles. The van der Waals surface area contributed by atoms with E-state index in [4.69, 9.17) is 14.6 Å². The van der Waals surface area contributed by atoms with Crippen LogP contribution in [0.1, 0.15) is 34.3 Å². The first kappa shape index (κ1) is 12.4. The van der Waals surface area contributed by atoms with E-state index in [1.54, 1.807) is 6.07 Å². The summed E-state index contributed by atoms with van der Waals surface area (Å²) in [6.45, 7) is 2.84. The lowest BCUT2D eigenvalue weighted by atomic mass is 10.3. The molecule has 1 aromatic heterocycles. The lowest BCUT2D eigenvalue weighted by Crippen LogP contribution is -2.06. The molecule has 0 saturated heterocycles. The van der Waals surface area contributed by atoms with E-state index in [1.165, 1.54) is 24.2 Å². The van der Waals surface area contributed by atoms with E-state index in [1.807, 2.05) is 6.92 Å². The summed E-state index contributed by atoms with van der Waals surface area (Å²) in [5, 5.41) is 9.02. The van der Waals surface area contributed by atoms with Crippen molar-refractivity contribution in [3.63, 3.8) is 0 Å². The lowest BCUT2D eigenvalue weighted by Gasteiger charge is -2.05. The van der Waals surface area contributed by atoms with E-state index in [0.29, 0.717) is 18.3 Å². The van der Waals surface area contributed by atoms with Crippen LogP contribution in [0.25, 0.3) is 0 Å². The number of hydrogen-bond donors (Lipinski definition) is 1. The van der Waals surface area contributed by atoms with Crippen molar-refractivity contribution in [3.8, 4) is 5.75 Å². The molecule has 0 aromatic carbocycles. The normalized spacial score (nSPS) is 14.9. The number of aromatic carboxylic acids is 1. The van der Waals surface area contributed by atoms with E-state index < -0.39 is 5.97 Å². The Morgan fingerprint density at radius 1 is 1.59 bits per heavy atom. The standard InChI is InChI=1S/C12H16O4S/c1-2-9-5-10(11(17-9)12(13)14)16-7-15-6-8-3-4-8/h5,8H,2-4,6-7H2,1H3,(H,13,14). The van der Waals surface area contributed by atoms with Gasteiger partial charge in [0.05, 0.1) is 6.61 Å². The van der Waals surface area contributed by atoms with Gasteiger partial charge in [-0.1, -0.05) is 6.92 Å². The third-order valence-electron chi connectivity index (χ3n) is 2.64. The molecular formula is C12H16O4S. The minimum Gasteiger partial charge on any atom is -0.477 e. The molecule has 1 fully saturated rings. The maximum absolute atomic E-state index is 11.0. The van der Waals surface area contributed by atoms with Crippen molar-refractivity contribution < 1.29 is 19.4 Å². The fourth-order valence-electron chi connectivity index (χ4n) is 1.46. The molecule has 1 aliphatic rings. The summed E-state index contributed by atoms with van der Waals surface area (Å²) in [5.41, 5.74) is 0. The zero-order valence-corrected chi connectivity index (χ0v) is 10.6. The Morgan fingerprint density at radius 3 is 2.94 bits per heavy atom. The predicted octanol–water partition coefficient (Wildman–Crippen LogP) is 2.77. The number of carboxylic acid groups (broad SMARTS) is 1. The summed E-state index contributed by atoms with van der Waals surface area (Å²) in [7, 11) is 0. The van der Waals surface area contributed by atoms with Crippen LogP contribution < -0.4 is 4.74 Å². The summed E-state index contributed by atoms with van der Waals surface area (Å²) >= 11 is 1.26. The molecule has 5 heteroatoms. The molecular weight excluding hydrogens is 240 g/mol. The van der Waals surface area contributed by atoms with Crippen LogP contribution in [-0.4, -0.2) is 24.5 Å². The van der Waals surface area contributed by atoms with Crippen LogP contribution in [0.5, 0.6) is 5.75 Å². The second-order valence-electron chi connectivity index (χ2n) is 4.14. The van der Waals surface area contributed by atoms with Crippen LogP contribution in [0.3, 0.4) is 0 Å². The summed E-state index contributed by atoms with van der Waals surface area (Å²) < 4.78 is 10.7. The first-order valence-corrected chi connectivity index (χ1v) is 6.59. The van der Waals surface area contributed by atoms with Gasteiger partial charge < -0.3 is 14.6 Å². The summed E-state index contributed by atoms with van der Waals surface area (Å²) in [6, 6.07) is 1.79. The highest BCUT2D eigenvalue weighted by Crippen LogP contribution is 2.31. The van der Waals surface area contributed by atoms with Gasteiger partial charge in [-0.25, -0.2) is 4.79 Å². The maximum atomic E-state index is 11.0. The number of carboxylic acids is 1. The topological polar surface area (TPSA) is 55.8 Å². The van der Waals surface area contributed by atoms with Gasteiger partial charge in [0, 0.05) is 4.88 Å². The second-order valence-corrected chi connectivity index (χ2v) is 5.28. The van der Waals surface area contributed by atoms with Gasteiger partial charge in [0.15, 0.2) is 11.7 Å². The zero-order chi connectivity index (χ0) is 12.3. The molecule has 2 rings (SSSR count). The average molecular weight is 256 g/mol. The Morgan fingerprint density at radius 2 is 2.35 bits per heavy atom. The Hall–Kier alpha value is -1.07. The van der Waals surface area contributed by atoms with Crippen molar-refractivity contribution in [2.45, 2.75) is 26.2 Å². The molecule has 0 bridgehead atoms. The fourth-order valence-corrected chi connectivity index (χ4v) is 2.34. The zero-order valence-electron chi connectivity index (χ0n) is 9.77. The molecule has 0 unspecified atom stereocenters. The van der Waals surface area contributed by atoms with Crippen LogP contribution in [0.2, 0.25) is 0 Å². The first-order chi connectivity index (χ1) is 8.20. The number of rotatable bonds is 7. The molecule has 0 spiro atoms. The van der Waals surface area contributed by atoms with Crippen molar-refractivity contribution in [2.75, 3.05) is 13.4 Å². The maximum Gasteiger partial charge on any atom is 0.349 e. The van der Waals surface area contributed by atoms with Gasteiger partial charge in [-0.3, -0.25) is 0 Å². The third kappa shape index (κ3) is 3.44. The number of thiophene rings is 1. The summed E-state index contributed by atoms with van der Waals surface area (Å²) in [4.78, 5) is 12.3. The van der Waals surface area contributed by atoms with Crippen LogP contribution in [-0.2, 0) is 11.2 Å². The Kier molecular flexibility index (Phi) is 4.02. The highest BCUT2D eigenvalue weighted by molar-refractivity contribution is 7.14. The highest BCUT2D eigenvalue weighted by Gasteiger charge is 2.21. The van der Waals surface area contributed by atoms with Crippen molar-refractivity contribution in [1.29, 1.82) is 0 Å². The first-order valence-electron chi connectivity index (χ1n) is 5.77. The third-order valence-corrected chi connectivity index (χ3v) is 3.89. The number of hydrogen-bond acceptors (Lipinski definition) is 4. The molecule has 0 amide bonds. The van der Waals surface area contributed by atoms with E-state index in [2.05, 4.69) is 0 Å². The van der Waals surface area contributed by atoms with Crippen LogP contribution in [0, 0.1) is 5.92 Å². The van der Waals surface area contributed by atoms with Crippen molar-refractivity contribution in [1.82, 2.24) is 0 Å². The molecule has 17 heavy (non-hydrogen) atoms. The average Bonchev–Trinajstić information content (AvgIpc) is 3.03. The van der Waals surface area contributed by atoms with Crippen molar-refractivity contribution in [3.05, 3.63) is 15.8 Å². The molecule has 94 valence electrons. The van der Waals surface area contributed by atoms with E-state index in [-0.39, 0.29) is 11.7 Å². The molecule has 0 atom stereocenters. The largest absolute Gasteiger partial charge is 0.477 e. The fraction of sp³-hybridized carbons (Fsp3) is 0.583. The van der Waals surface area contributed by atoms with E-state index in [0.717, 1.165) is 11.3 Å². The van der Waals surface area contributed by atoms with E-state index >= 15 is 0 Å². The van der Waals surface area contributed by atoms with Gasteiger partial charge in [0.1, 0.15) is 5.75 Å². The van der Waals surface area contributed by atoms with Crippen molar-refractivity contribution >= 4 is 17.3 Å². The minimum atomic E-state index is -0.938. The van der Waals surface area contributed by atoms with Gasteiger partial charge in [-0.15, -0.1) is 11.3 Å². The molecule has 1 aliphatic carbocycles. The molecule has 4 nitrogen and oxygen atoms in total. The SMILES string of the molecule is CCc1cc(OCOCC2CC2)c(C(=O)O)s1. The number of carbonyl (C=O) groups is 1. The lowest BCUT2D eigenvalue weighted by molar-refractivity contribution is 0.00951. The quantitative estimate of drug-likeness (QED) is 0.602. The number of aryl methyl sites for hydroxylation is 1. The molecule has 0 radical (unpaired) electrons. The molecule has 1 saturated carbocycles. The smallest absolute Gasteiger partial charge is 0.349 e. The predicted molar refractivity (Wildman–Crippen MR) is 64.8 cm³/mol. The van der Waals surface area contributed by atoms with Gasteiger partial charge in [-0.05, 0) is 31.2 Å². The summed E-state index contributed by atoms with van der Waals surface area (Å²) in [5.74, 6) is 0.174. The van der Waals surface area contributed by atoms with E-state index in [9.17, 15) is 4.79 Å². The monoisotopic (exact) mass is 256 g/mol. The Bertz CT molecular complexity index is 395. The molecule has 1 aromatic rings. The van der Waals surface area contributed by atoms with Gasteiger partial charge in [0.2, 0.25) is 0 Å². The highest BCUT2D eigenvalue weighted by atomic mass is 32.1. The van der Waals surface area contributed by atoms with Gasteiger partial charge in [0.25, 0.3) is 0 Å². The Balaban J connectivity index is 1.88. The minimum absolute atomic E-state index is 0.136. The van der Waals surface area contributed by atoms with Crippen LogP contribution in [0.15, 0.2) is 6.07 Å². The van der Waals surface area contributed by atoms with Crippen molar-refractivity contribution in [2.24, 2.45) is 5.92 Å². The van der Waals surface area contributed by atoms with Crippen LogP contribution >= 0.6 is 11.3 Å². The summed E-state index contributed by atoms with van der Waals surface area (Å²) in [6.07, 6.45) is 3.29. The molecule has 1 N–H and O–H groups in total.